The lowest BCUT2D eigenvalue weighted by molar-refractivity contribution is -0.124. The van der Waals surface area contributed by atoms with Gasteiger partial charge in [0.25, 0.3) is 5.91 Å². The predicted molar refractivity (Wildman–Crippen MR) is 113 cm³/mol. The molecule has 0 aromatic heterocycles. The molecule has 1 aliphatic heterocycles. The average molecular weight is 419 g/mol. The fourth-order valence-corrected chi connectivity index (χ4v) is 5.96. The van der Waals surface area contributed by atoms with Crippen LogP contribution in [-0.4, -0.2) is 17.7 Å². The molecule has 2 saturated carbocycles. The highest BCUT2D eigenvalue weighted by Gasteiger charge is 2.67. The van der Waals surface area contributed by atoms with E-state index in [0.717, 1.165) is 6.42 Å². The summed E-state index contributed by atoms with van der Waals surface area (Å²) in [6.07, 6.45) is 5.45. The van der Waals surface area contributed by atoms with Crippen molar-refractivity contribution in [2.75, 3.05) is 10.2 Å². The van der Waals surface area contributed by atoms with Gasteiger partial charge in [0.15, 0.2) is 0 Å². The quantitative estimate of drug-likeness (QED) is 0.601. The van der Waals surface area contributed by atoms with Gasteiger partial charge < -0.3 is 5.32 Å². The zero-order valence-electron chi connectivity index (χ0n) is 16.0. The zero-order valence-corrected chi connectivity index (χ0v) is 16.8. The molecule has 0 radical (unpaired) electrons. The van der Waals surface area contributed by atoms with Crippen molar-refractivity contribution in [3.05, 3.63) is 71.3 Å². The summed E-state index contributed by atoms with van der Waals surface area (Å²) in [6.45, 7) is 0. The summed E-state index contributed by atoms with van der Waals surface area (Å²) < 4.78 is 0. The van der Waals surface area contributed by atoms with Gasteiger partial charge in [-0.15, -0.1) is 0 Å². The number of carbonyl (C=O) groups excluding carboxylic acids is 3. The van der Waals surface area contributed by atoms with Gasteiger partial charge in [0.2, 0.25) is 11.8 Å². The number of hydrogen-bond donors (Lipinski definition) is 1. The number of nitrogens with one attached hydrogen (secondary N) is 1. The van der Waals surface area contributed by atoms with Crippen LogP contribution in [0.1, 0.15) is 16.8 Å². The maximum Gasteiger partial charge on any atom is 0.255 e. The third-order valence-corrected chi connectivity index (χ3v) is 7.35. The van der Waals surface area contributed by atoms with E-state index in [1.807, 2.05) is 0 Å². The van der Waals surface area contributed by atoms with Crippen LogP contribution in [0.5, 0.6) is 0 Å². The minimum Gasteiger partial charge on any atom is -0.322 e. The molecule has 4 aliphatic carbocycles. The van der Waals surface area contributed by atoms with Crippen molar-refractivity contribution in [2.24, 2.45) is 35.5 Å². The zero-order chi connectivity index (χ0) is 20.6. The van der Waals surface area contributed by atoms with E-state index < -0.39 is 0 Å². The molecule has 2 bridgehead atoms. The summed E-state index contributed by atoms with van der Waals surface area (Å²) in [5.74, 6) is 0.422. The number of hydrogen-bond acceptors (Lipinski definition) is 3. The minimum atomic E-state index is -0.321. The molecule has 7 rings (SSSR count). The Morgan fingerprint density at radius 1 is 0.933 bits per heavy atom. The molecular weight excluding hydrogens is 400 g/mol. The first-order chi connectivity index (χ1) is 14.5. The SMILES string of the molecule is O=C(Nc1cccc(Cl)c1)c1cccc(N2C(=O)[C@@H]3[C@H]4C=C[C@H]([C@H]5C[C@H]45)[C@@H]3C2=O)c1. The first-order valence-electron chi connectivity index (χ1n) is 10.3. The van der Waals surface area contributed by atoms with Gasteiger partial charge in [-0.25, -0.2) is 4.90 Å². The Morgan fingerprint density at radius 3 is 2.27 bits per heavy atom. The van der Waals surface area contributed by atoms with Crippen molar-refractivity contribution in [2.45, 2.75) is 6.42 Å². The topological polar surface area (TPSA) is 66.5 Å². The normalized spacial score (nSPS) is 32.8. The van der Waals surface area contributed by atoms with Crippen LogP contribution in [0.4, 0.5) is 11.4 Å². The van der Waals surface area contributed by atoms with E-state index in [2.05, 4.69) is 17.5 Å². The second kappa shape index (κ2) is 6.29. The van der Waals surface area contributed by atoms with Crippen LogP contribution in [0.3, 0.4) is 0 Å². The molecule has 0 unspecified atom stereocenters. The van der Waals surface area contributed by atoms with Crippen LogP contribution in [0.15, 0.2) is 60.7 Å². The number of amides is 3. The fourth-order valence-electron chi connectivity index (χ4n) is 5.77. The smallest absolute Gasteiger partial charge is 0.255 e. The number of anilines is 2. The second-order valence-corrected chi connectivity index (χ2v) is 9.12. The average Bonchev–Trinajstić information content (AvgIpc) is 3.52. The Bertz CT molecular complexity index is 1110. The maximum absolute atomic E-state index is 13.3. The summed E-state index contributed by atoms with van der Waals surface area (Å²) in [7, 11) is 0. The molecular formula is C24H19ClN2O3. The maximum atomic E-state index is 13.3. The molecule has 1 saturated heterocycles. The van der Waals surface area contributed by atoms with Crippen LogP contribution in [0.25, 0.3) is 0 Å². The molecule has 30 heavy (non-hydrogen) atoms. The molecule has 1 N–H and O–H groups in total. The van der Waals surface area contributed by atoms with Crippen molar-refractivity contribution in [3.63, 3.8) is 0 Å². The molecule has 2 aromatic rings. The van der Waals surface area contributed by atoms with Crippen molar-refractivity contribution < 1.29 is 14.4 Å². The van der Waals surface area contributed by atoms with Gasteiger partial charge in [-0.3, -0.25) is 14.4 Å². The summed E-state index contributed by atoms with van der Waals surface area (Å²) in [6, 6.07) is 13.6. The molecule has 3 amide bonds. The van der Waals surface area contributed by atoms with Crippen molar-refractivity contribution in [1.29, 1.82) is 0 Å². The largest absolute Gasteiger partial charge is 0.322 e. The molecule has 2 aromatic carbocycles. The summed E-state index contributed by atoms with van der Waals surface area (Å²) >= 11 is 5.98. The van der Waals surface area contributed by atoms with Gasteiger partial charge in [0, 0.05) is 16.3 Å². The molecule has 5 nitrogen and oxygen atoms in total. The molecule has 5 aliphatic rings. The third kappa shape index (κ3) is 2.51. The minimum absolute atomic E-state index is 0.123. The number of nitrogens with zero attached hydrogens (tertiary/aromatic N) is 1. The molecule has 0 spiro atoms. The highest BCUT2D eigenvalue weighted by molar-refractivity contribution is 6.31. The van der Waals surface area contributed by atoms with E-state index in [1.54, 1.807) is 48.5 Å². The van der Waals surface area contributed by atoms with Gasteiger partial charge in [0.1, 0.15) is 0 Å². The first kappa shape index (κ1) is 17.9. The highest BCUT2D eigenvalue weighted by atomic mass is 35.5. The number of allylic oxidation sites excluding steroid dienone is 2. The van der Waals surface area contributed by atoms with E-state index in [4.69, 9.17) is 11.6 Å². The van der Waals surface area contributed by atoms with Crippen molar-refractivity contribution in [1.82, 2.24) is 0 Å². The van der Waals surface area contributed by atoms with Crippen molar-refractivity contribution in [3.8, 4) is 0 Å². The van der Waals surface area contributed by atoms with Gasteiger partial charge in [-0.1, -0.05) is 35.9 Å². The van der Waals surface area contributed by atoms with Gasteiger partial charge >= 0.3 is 0 Å². The van der Waals surface area contributed by atoms with E-state index in [9.17, 15) is 14.4 Å². The van der Waals surface area contributed by atoms with E-state index in [0.29, 0.717) is 33.8 Å². The molecule has 6 heteroatoms. The highest BCUT2D eigenvalue weighted by Crippen LogP contribution is 2.65. The van der Waals surface area contributed by atoms with E-state index in [1.165, 1.54) is 4.90 Å². The summed E-state index contributed by atoms with van der Waals surface area (Å²) in [5.41, 5.74) is 1.43. The van der Waals surface area contributed by atoms with E-state index >= 15 is 0 Å². The predicted octanol–water partition coefficient (Wildman–Crippen LogP) is 4.15. The van der Waals surface area contributed by atoms with Gasteiger partial charge in [0.05, 0.1) is 17.5 Å². The number of rotatable bonds is 3. The lowest BCUT2D eigenvalue weighted by Crippen LogP contribution is -2.40. The molecule has 150 valence electrons. The lowest BCUT2D eigenvalue weighted by Gasteiger charge is -2.37. The Hall–Kier alpha value is -2.92. The van der Waals surface area contributed by atoms with Crippen molar-refractivity contribution >= 4 is 40.7 Å². The second-order valence-electron chi connectivity index (χ2n) is 8.68. The Balaban J connectivity index is 1.29. The van der Waals surface area contributed by atoms with Crippen LogP contribution >= 0.6 is 11.6 Å². The van der Waals surface area contributed by atoms with Crippen LogP contribution in [0, 0.1) is 35.5 Å². The van der Waals surface area contributed by atoms with Crippen LogP contribution < -0.4 is 10.2 Å². The molecule has 6 atom stereocenters. The molecule has 1 heterocycles. The Morgan fingerprint density at radius 2 is 1.60 bits per heavy atom. The fraction of sp³-hybridized carbons (Fsp3) is 0.292. The first-order valence-corrected chi connectivity index (χ1v) is 10.6. The van der Waals surface area contributed by atoms with Gasteiger partial charge in [-0.2, -0.15) is 0 Å². The summed E-state index contributed by atoms with van der Waals surface area (Å²) in [5, 5.41) is 3.33. The van der Waals surface area contributed by atoms with Crippen LogP contribution in [0.2, 0.25) is 5.02 Å². The Labute approximate surface area is 178 Å². The number of benzene rings is 2. The van der Waals surface area contributed by atoms with Gasteiger partial charge in [-0.05, 0) is 66.5 Å². The lowest BCUT2D eigenvalue weighted by atomic mass is 9.63. The molecule has 3 fully saturated rings. The number of imide groups is 1. The standard InChI is InChI=1S/C24H19ClN2O3/c25-13-4-2-5-14(10-13)26-22(28)12-3-1-6-15(9-12)27-23(29)20-16-7-8-17(19-11-18(16)19)21(20)24(27)30/h1-10,16-21H,11H2,(H,26,28)/t16-,17+,18-,19-,20+,21-/m1/s1. The number of halogens is 1. The third-order valence-electron chi connectivity index (χ3n) is 7.11. The summed E-state index contributed by atoms with van der Waals surface area (Å²) in [4.78, 5) is 40.6. The monoisotopic (exact) mass is 418 g/mol. The van der Waals surface area contributed by atoms with E-state index in [-0.39, 0.29) is 41.4 Å². The number of carbonyl (C=O) groups is 3. The van der Waals surface area contributed by atoms with Crippen LogP contribution in [-0.2, 0) is 9.59 Å². The Kier molecular flexibility index (Phi) is 3.75.